The van der Waals surface area contributed by atoms with Gasteiger partial charge in [-0.25, -0.2) is 9.19 Å². The highest BCUT2D eigenvalue weighted by Gasteiger charge is 2.12. The van der Waals surface area contributed by atoms with Crippen LogP contribution in [0, 0.1) is 6.92 Å². The Kier molecular flexibility index (Phi) is 4.74. The van der Waals surface area contributed by atoms with Crippen molar-refractivity contribution in [2.45, 2.75) is 11.8 Å². The number of nitrogens with zero attached hydrogens (tertiary/aromatic N) is 2. The van der Waals surface area contributed by atoms with Crippen molar-refractivity contribution in [2.24, 2.45) is 4.36 Å². The smallest absolute Gasteiger partial charge is 0.285 e. The first-order chi connectivity index (χ1) is 11.8. The standard InChI is InChI=1S/C18H15ClN2O3S/c1-12-20-17(11-24-12)13-3-5-14(6-4-13)18(22)21-25(2,23)16-9-7-15(19)8-10-16/h3-11H,1-2H3. The predicted molar refractivity (Wildman–Crippen MR) is 97.2 cm³/mol. The maximum Gasteiger partial charge on any atom is 0.285 e. The van der Waals surface area contributed by atoms with E-state index >= 15 is 0 Å². The molecule has 2 aromatic carbocycles. The average Bonchev–Trinajstić information content (AvgIpc) is 3.01. The van der Waals surface area contributed by atoms with Gasteiger partial charge in [0, 0.05) is 34.2 Å². The summed E-state index contributed by atoms with van der Waals surface area (Å²) in [6.45, 7) is 1.76. The van der Waals surface area contributed by atoms with Crippen molar-refractivity contribution in [1.29, 1.82) is 0 Å². The molecule has 3 aromatic rings. The third-order valence-electron chi connectivity index (χ3n) is 3.55. The minimum absolute atomic E-state index is 0.354. The Bertz CT molecular complexity index is 1030. The number of hydrogen-bond donors (Lipinski definition) is 0. The molecule has 1 atom stereocenters. The summed E-state index contributed by atoms with van der Waals surface area (Å²) in [6.07, 6.45) is 2.98. The molecule has 0 radical (unpaired) electrons. The van der Waals surface area contributed by atoms with Gasteiger partial charge in [-0.2, -0.15) is 4.36 Å². The first-order valence-electron chi connectivity index (χ1n) is 7.40. The third-order valence-corrected chi connectivity index (χ3v) is 5.47. The van der Waals surface area contributed by atoms with E-state index in [1.807, 2.05) is 0 Å². The van der Waals surface area contributed by atoms with Crippen LogP contribution in [0.15, 0.2) is 68.5 Å². The molecule has 128 valence electrons. The fourth-order valence-electron chi connectivity index (χ4n) is 2.23. The minimum atomic E-state index is -2.84. The molecule has 1 heterocycles. The van der Waals surface area contributed by atoms with Crippen molar-refractivity contribution in [3.8, 4) is 11.3 Å². The normalized spacial score (nSPS) is 13.2. The van der Waals surface area contributed by atoms with Crippen LogP contribution in [0.3, 0.4) is 0 Å². The van der Waals surface area contributed by atoms with Gasteiger partial charge < -0.3 is 4.42 Å². The highest BCUT2D eigenvalue weighted by Crippen LogP contribution is 2.20. The molecule has 0 spiro atoms. The maximum absolute atomic E-state index is 12.7. The summed E-state index contributed by atoms with van der Waals surface area (Å²) in [5.74, 6) is 0.0316. The van der Waals surface area contributed by atoms with E-state index in [9.17, 15) is 9.00 Å². The molecule has 1 amide bonds. The van der Waals surface area contributed by atoms with E-state index in [4.69, 9.17) is 16.0 Å². The second-order valence-electron chi connectivity index (χ2n) is 5.48. The molecule has 0 bridgehead atoms. The van der Waals surface area contributed by atoms with Gasteiger partial charge in [-0.05, 0) is 36.4 Å². The number of aryl methyl sites for hydroxylation is 1. The summed E-state index contributed by atoms with van der Waals surface area (Å²) in [4.78, 5) is 17.0. The molecule has 5 nitrogen and oxygen atoms in total. The average molecular weight is 375 g/mol. The van der Waals surface area contributed by atoms with Crippen molar-refractivity contribution in [3.63, 3.8) is 0 Å². The SMILES string of the molecule is Cc1nc(-c2ccc(C(=O)N=S(C)(=O)c3ccc(Cl)cc3)cc2)co1. The van der Waals surface area contributed by atoms with Crippen LogP contribution >= 0.6 is 11.6 Å². The molecule has 0 aliphatic rings. The Hall–Kier alpha value is -2.44. The van der Waals surface area contributed by atoms with Gasteiger partial charge in [0.25, 0.3) is 5.91 Å². The molecule has 3 rings (SSSR count). The Balaban J connectivity index is 1.87. The Labute approximate surface area is 150 Å². The summed E-state index contributed by atoms with van der Waals surface area (Å²) in [7, 11) is -2.84. The van der Waals surface area contributed by atoms with Gasteiger partial charge in [0.05, 0.1) is 9.73 Å². The molecule has 1 unspecified atom stereocenters. The summed E-state index contributed by atoms with van der Waals surface area (Å²) in [5, 5.41) is 0.531. The van der Waals surface area contributed by atoms with Crippen LogP contribution in [0.5, 0.6) is 0 Å². The van der Waals surface area contributed by atoms with Crippen LogP contribution in [0.4, 0.5) is 0 Å². The van der Waals surface area contributed by atoms with Gasteiger partial charge in [0.1, 0.15) is 12.0 Å². The van der Waals surface area contributed by atoms with Gasteiger partial charge in [-0.1, -0.05) is 23.7 Å². The largest absolute Gasteiger partial charge is 0.449 e. The fraction of sp³-hybridized carbons (Fsp3) is 0.111. The Morgan fingerprint density at radius 1 is 1.12 bits per heavy atom. The third kappa shape index (κ3) is 3.97. The summed E-state index contributed by atoms with van der Waals surface area (Å²) in [5.41, 5.74) is 1.87. The molecule has 7 heteroatoms. The topological polar surface area (TPSA) is 72.5 Å². The summed E-state index contributed by atoms with van der Waals surface area (Å²) >= 11 is 5.83. The zero-order valence-electron chi connectivity index (χ0n) is 13.6. The molecular weight excluding hydrogens is 360 g/mol. The number of rotatable bonds is 3. The number of carbonyl (C=O) groups is 1. The molecule has 0 aliphatic heterocycles. The Morgan fingerprint density at radius 3 is 2.32 bits per heavy atom. The van der Waals surface area contributed by atoms with Crippen molar-refractivity contribution >= 4 is 27.2 Å². The van der Waals surface area contributed by atoms with E-state index in [1.165, 1.54) is 6.26 Å². The van der Waals surface area contributed by atoms with Crippen molar-refractivity contribution in [3.05, 3.63) is 71.3 Å². The van der Waals surface area contributed by atoms with Crippen LogP contribution in [0.25, 0.3) is 11.3 Å². The van der Waals surface area contributed by atoms with Crippen LogP contribution < -0.4 is 0 Å². The molecule has 0 fully saturated rings. The molecule has 0 saturated heterocycles. The summed E-state index contributed by atoms with van der Waals surface area (Å²) in [6, 6.07) is 13.2. The number of hydrogen-bond acceptors (Lipinski definition) is 4. The van der Waals surface area contributed by atoms with Gasteiger partial charge >= 0.3 is 0 Å². The van der Waals surface area contributed by atoms with E-state index in [2.05, 4.69) is 9.35 Å². The molecular formula is C18H15ClN2O3S. The lowest BCUT2D eigenvalue weighted by molar-refractivity contribution is 0.100. The molecule has 0 aliphatic carbocycles. The minimum Gasteiger partial charge on any atom is -0.449 e. The first kappa shape index (κ1) is 17.4. The lowest BCUT2D eigenvalue weighted by Gasteiger charge is -2.04. The first-order valence-corrected chi connectivity index (χ1v) is 9.70. The fourth-order valence-corrected chi connectivity index (χ4v) is 3.52. The van der Waals surface area contributed by atoms with Crippen molar-refractivity contribution in [1.82, 2.24) is 4.98 Å². The number of aromatic nitrogens is 1. The second-order valence-corrected chi connectivity index (χ2v) is 8.18. The molecule has 1 aromatic heterocycles. The number of oxazole rings is 1. The van der Waals surface area contributed by atoms with Gasteiger partial charge in [-0.15, -0.1) is 0 Å². The van der Waals surface area contributed by atoms with Crippen LogP contribution in [0.1, 0.15) is 16.2 Å². The molecule has 0 saturated carbocycles. The number of benzene rings is 2. The molecule has 25 heavy (non-hydrogen) atoms. The van der Waals surface area contributed by atoms with Gasteiger partial charge in [-0.3, -0.25) is 4.79 Å². The highest BCUT2D eigenvalue weighted by molar-refractivity contribution is 7.93. The highest BCUT2D eigenvalue weighted by atomic mass is 35.5. The monoisotopic (exact) mass is 374 g/mol. The zero-order chi connectivity index (χ0) is 18.0. The lowest BCUT2D eigenvalue weighted by atomic mass is 10.1. The van der Waals surface area contributed by atoms with Gasteiger partial charge in [0.15, 0.2) is 5.89 Å². The predicted octanol–water partition coefficient (Wildman–Crippen LogP) is 4.60. The van der Waals surface area contributed by atoms with E-state index in [0.29, 0.717) is 27.1 Å². The quantitative estimate of drug-likeness (QED) is 0.671. The molecule has 0 N–H and O–H groups in total. The summed E-state index contributed by atoms with van der Waals surface area (Å²) < 4.78 is 21.8. The number of carbonyl (C=O) groups excluding carboxylic acids is 1. The van der Waals surface area contributed by atoms with E-state index in [1.54, 1.807) is 61.7 Å². The van der Waals surface area contributed by atoms with Crippen LogP contribution in [-0.2, 0) is 9.73 Å². The number of amides is 1. The van der Waals surface area contributed by atoms with E-state index in [-0.39, 0.29) is 0 Å². The van der Waals surface area contributed by atoms with Crippen LogP contribution in [0.2, 0.25) is 5.02 Å². The van der Waals surface area contributed by atoms with Crippen molar-refractivity contribution in [2.75, 3.05) is 6.26 Å². The Morgan fingerprint density at radius 2 is 1.76 bits per heavy atom. The van der Waals surface area contributed by atoms with Crippen molar-refractivity contribution < 1.29 is 13.4 Å². The number of halogens is 1. The van der Waals surface area contributed by atoms with E-state index < -0.39 is 15.6 Å². The zero-order valence-corrected chi connectivity index (χ0v) is 15.2. The van der Waals surface area contributed by atoms with Crippen LogP contribution in [-0.4, -0.2) is 21.4 Å². The lowest BCUT2D eigenvalue weighted by Crippen LogP contribution is -2.03. The maximum atomic E-state index is 12.7. The van der Waals surface area contributed by atoms with Gasteiger partial charge in [0.2, 0.25) is 0 Å². The van der Waals surface area contributed by atoms with E-state index in [0.717, 1.165) is 5.56 Å². The second kappa shape index (κ2) is 6.82.